The molecule has 0 atom stereocenters. The lowest BCUT2D eigenvalue weighted by atomic mass is 10.1. The number of aromatic carboxylic acids is 1. The molecule has 0 bridgehead atoms. The zero-order valence-corrected chi connectivity index (χ0v) is 11.6. The molecular weight excluding hydrogens is 266 g/mol. The van der Waals surface area contributed by atoms with Gasteiger partial charge in [0.15, 0.2) is 0 Å². The molecule has 0 fully saturated rings. The summed E-state index contributed by atoms with van der Waals surface area (Å²) in [6.45, 7) is 4.54. The Morgan fingerprint density at radius 1 is 1.19 bits per heavy atom. The monoisotopic (exact) mass is 283 g/mol. The molecule has 0 aliphatic carbocycles. The summed E-state index contributed by atoms with van der Waals surface area (Å²) in [7, 11) is 0. The zero-order valence-electron chi connectivity index (χ0n) is 11.6. The van der Waals surface area contributed by atoms with Gasteiger partial charge in [-0.15, -0.1) is 0 Å². The highest BCUT2D eigenvalue weighted by Crippen LogP contribution is 2.21. The van der Waals surface area contributed by atoms with E-state index in [2.05, 4.69) is 11.9 Å². The van der Waals surface area contributed by atoms with Crippen molar-refractivity contribution in [3.05, 3.63) is 72.3 Å². The molecule has 2 rings (SSSR count). The third-order valence-electron chi connectivity index (χ3n) is 2.96. The van der Waals surface area contributed by atoms with Crippen LogP contribution >= 0.6 is 0 Å². The van der Waals surface area contributed by atoms with Crippen LogP contribution in [-0.4, -0.2) is 17.7 Å². The van der Waals surface area contributed by atoms with Crippen molar-refractivity contribution in [2.75, 3.05) is 11.9 Å². The topological polar surface area (TPSA) is 58.6 Å². The average molecular weight is 283 g/mol. The number of hydrogen-bond donors (Lipinski definition) is 2. The molecular formula is C17H17NO3. The van der Waals surface area contributed by atoms with Crippen molar-refractivity contribution in [3.63, 3.8) is 0 Å². The number of benzene rings is 2. The van der Waals surface area contributed by atoms with Crippen LogP contribution in [0.25, 0.3) is 0 Å². The second-order valence-electron chi connectivity index (χ2n) is 4.41. The number of nitrogens with one attached hydrogen (secondary N) is 1. The number of rotatable bonds is 7. The van der Waals surface area contributed by atoms with E-state index in [1.54, 1.807) is 30.3 Å². The summed E-state index contributed by atoms with van der Waals surface area (Å²) >= 11 is 0. The number of carboxylic acid groups (broad SMARTS) is 1. The zero-order chi connectivity index (χ0) is 15.1. The van der Waals surface area contributed by atoms with Crippen LogP contribution in [0.2, 0.25) is 0 Å². The van der Waals surface area contributed by atoms with Gasteiger partial charge in [0, 0.05) is 17.8 Å². The van der Waals surface area contributed by atoms with Crippen LogP contribution in [0.4, 0.5) is 5.69 Å². The molecule has 0 spiro atoms. The minimum Gasteiger partial charge on any atom is -0.489 e. The van der Waals surface area contributed by atoms with Gasteiger partial charge in [-0.1, -0.05) is 43.0 Å². The Morgan fingerprint density at radius 3 is 2.67 bits per heavy atom. The first-order chi connectivity index (χ1) is 10.2. The molecule has 2 aromatic carbocycles. The van der Waals surface area contributed by atoms with Crippen LogP contribution in [0.5, 0.6) is 5.75 Å². The Labute approximate surface area is 123 Å². The van der Waals surface area contributed by atoms with Crippen LogP contribution in [0.3, 0.4) is 0 Å². The highest BCUT2D eigenvalue weighted by atomic mass is 16.5. The molecule has 0 aliphatic heterocycles. The molecule has 2 N–H and O–H groups in total. The largest absolute Gasteiger partial charge is 0.489 e. The second kappa shape index (κ2) is 7.14. The summed E-state index contributed by atoms with van der Waals surface area (Å²) in [5.41, 5.74) is 1.80. The molecule has 2 aromatic rings. The lowest BCUT2D eigenvalue weighted by Crippen LogP contribution is -2.07. The molecule has 21 heavy (non-hydrogen) atoms. The van der Waals surface area contributed by atoms with Crippen molar-refractivity contribution in [2.45, 2.75) is 6.54 Å². The molecule has 0 saturated heterocycles. The predicted molar refractivity (Wildman–Crippen MR) is 82.9 cm³/mol. The van der Waals surface area contributed by atoms with E-state index in [-0.39, 0.29) is 5.56 Å². The molecule has 4 heteroatoms. The fraction of sp³-hybridized carbons (Fsp3) is 0.118. The van der Waals surface area contributed by atoms with Crippen LogP contribution in [0.1, 0.15) is 15.9 Å². The second-order valence-corrected chi connectivity index (χ2v) is 4.41. The van der Waals surface area contributed by atoms with E-state index in [1.165, 1.54) is 0 Å². The molecule has 108 valence electrons. The van der Waals surface area contributed by atoms with E-state index in [4.69, 9.17) is 9.84 Å². The number of ether oxygens (including phenoxy) is 1. The molecule has 0 radical (unpaired) electrons. The third-order valence-corrected chi connectivity index (χ3v) is 2.96. The smallest absolute Gasteiger partial charge is 0.337 e. The quantitative estimate of drug-likeness (QED) is 0.763. The van der Waals surface area contributed by atoms with Gasteiger partial charge in [0.05, 0.1) is 5.56 Å². The summed E-state index contributed by atoms with van der Waals surface area (Å²) in [5.74, 6) is -0.188. The molecule has 0 aliphatic rings. The van der Waals surface area contributed by atoms with Crippen molar-refractivity contribution in [2.24, 2.45) is 0 Å². The van der Waals surface area contributed by atoms with E-state index in [1.807, 2.05) is 24.3 Å². The number of hydrogen-bond acceptors (Lipinski definition) is 3. The number of carboxylic acids is 1. The van der Waals surface area contributed by atoms with Crippen LogP contribution in [0.15, 0.2) is 61.2 Å². The van der Waals surface area contributed by atoms with Crippen molar-refractivity contribution in [1.82, 2.24) is 0 Å². The predicted octanol–water partition coefficient (Wildman–Crippen LogP) is 3.56. The Balaban J connectivity index is 2.13. The minimum absolute atomic E-state index is 0.252. The van der Waals surface area contributed by atoms with Crippen molar-refractivity contribution in [1.29, 1.82) is 0 Å². The van der Waals surface area contributed by atoms with Crippen LogP contribution in [-0.2, 0) is 6.54 Å². The molecule has 4 nitrogen and oxygen atoms in total. The van der Waals surface area contributed by atoms with Gasteiger partial charge >= 0.3 is 5.97 Å². The maximum absolute atomic E-state index is 11.2. The van der Waals surface area contributed by atoms with Gasteiger partial charge in [-0.2, -0.15) is 0 Å². The first-order valence-electron chi connectivity index (χ1n) is 6.60. The number of anilines is 1. The fourth-order valence-corrected chi connectivity index (χ4v) is 1.95. The van der Waals surface area contributed by atoms with Gasteiger partial charge in [-0.05, 0) is 18.2 Å². The van der Waals surface area contributed by atoms with E-state index < -0.39 is 5.97 Å². The average Bonchev–Trinajstić information content (AvgIpc) is 2.52. The highest BCUT2D eigenvalue weighted by molar-refractivity contribution is 5.94. The van der Waals surface area contributed by atoms with Gasteiger partial charge in [0.25, 0.3) is 0 Å². The first-order valence-corrected chi connectivity index (χ1v) is 6.60. The lowest BCUT2D eigenvalue weighted by molar-refractivity contribution is 0.0698. The Hall–Kier alpha value is -2.75. The van der Waals surface area contributed by atoms with Crippen molar-refractivity contribution >= 4 is 11.7 Å². The van der Waals surface area contributed by atoms with Crippen molar-refractivity contribution < 1.29 is 14.6 Å². The summed E-state index contributed by atoms with van der Waals surface area (Å²) < 4.78 is 5.58. The molecule has 0 saturated carbocycles. The van der Waals surface area contributed by atoms with Crippen molar-refractivity contribution in [3.8, 4) is 5.75 Å². The van der Waals surface area contributed by atoms with E-state index >= 15 is 0 Å². The molecule has 0 aromatic heterocycles. The van der Waals surface area contributed by atoms with Gasteiger partial charge < -0.3 is 15.2 Å². The van der Waals surface area contributed by atoms with Gasteiger partial charge in [-0.3, -0.25) is 0 Å². The minimum atomic E-state index is -0.950. The third kappa shape index (κ3) is 3.86. The summed E-state index contributed by atoms with van der Waals surface area (Å²) in [4.78, 5) is 11.2. The maximum atomic E-state index is 11.2. The highest BCUT2D eigenvalue weighted by Gasteiger charge is 2.09. The van der Waals surface area contributed by atoms with Crippen LogP contribution in [0, 0.1) is 0 Å². The first kappa shape index (κ1) is 14.7. The standard InChI is InChI=1S/C17H17NO3/c1-2-11-21-16-10-6-3-7-13(16)12-18-15-9-5-4-8-14(15)17(19)20/h2-10,18H,1,11-12H2,(H,19,20). The number of para-hydroxylation sites is 2. The molecule has 0 amide bonds. The summed E-state index contributed by atoms with van der Waals surface area (Å²) in [6, 6.07) is 14.5. The Bertz CT molecular complexity index is 637. The SMILES string of the molecule is C=CCOc1ccccc1CNc1ccccc1C(=O)O. The number of carbonyl (C=O) groups is 1. The van der Waals surface area contributed by atoms with Gasteiger partial charge in [0.2, 0.25) is 0 Å². The normalized spacial score (nSPS) is 9.90. The molecule has 0 heterocycles. The van der Waals surface area contributed by atoms with E-state index in [0.717, 1.165) is 11.3 Å². The van der Waals surface area contributed by atoms with E-state index in [9.17, 15) is 4.79 Å². The summed E-state index contributed by atoms with van der Waals surface area (Å²) in [6.07, 6.45) is 1.68. The summed E-state index contributed by atoms with van der Waals surface area (Å²) in [5, 5.41) is 12.3. The Kier molecular flexibility index (Phi) is 4.99. The maximum Gasteiger partial charge on any atom is 0.337 e. The van der Waals surface area contributed by atoms with Gasteiger partial charge in [-0.25, -0.2) is 4.79 Å². The lowest BCUT2D eigenvalue weighted by Gasteiger charge is -2.13. The van der Waals surface area contributed by atoms with Gasteiger partial charge in [0.1, 0.15) is 12.4 Å². The molecule has 0 unspecified atom stereocenters. The van der Waals surface area contributed by atoms with Crippen LogP contribution < -0.4 is 10.1 Å². The Morgan fingerprint density at radius 2 is 1.90 bits per heavy atom. The van der Waals surface area contributed by atoms with E-state index in [0.29, 0.717) is 18.8 Å². The fourth-order valence-electron chi connectivity index (χ4n) is 1.95.